The van der Waals surface area contributed by atoms with Crippen LogP contribution >= 0.6 is 46.8 Å². The lowest BCUT2D eigenvalue weighted by Gasteiger charge is -2.02. The Hall–Kier alpha value is -0.940. The molecule has 0 atom stereocenters. The van der Waals surface area contributed by atoms with Gasteiger partial charge in [0.15, 0.2) is 0 Å². The fourth-order valence-corrected chi connectivity index (χ4v) is 3.31. The highest BCUT2D eigenvalue weighted by Gasteiger charge is 2.10. The van der Waals surface area contributed by atoms with Crippen molar-refractivity contribution in [3.8, 4) is 11.1 Å². The molecule has 0 spiro atoms. The normalized spacial score (nSPS) is 11.0. The number of H-pyrrole nitrogens is 1. The van der Waals surface area contributed by atoms with E-state index in [0.717, 1.165) is 21.3 Å². The number of aromatic amines is 1. The second-order valence-electron chi connectivity index (χ2n) is 3.69. The van der Waals surface area contributed by atoms with Gasteiger partial charge in [-0.3, -0.25) is 0 Å². The largest absolute Gasteiger partial charge is 0.337 e. The minimum Gasteiger partial charge on any atom is -0.337 e. The summed E-state index contributed by atoms with van der Waals surface area (Å²) < 4.78 is 0.683. The van der Waals surface area contributed by atoms with E-state index in [1.807, 2.05) is 17.5 Å². The first kappa shape index (κ1) is 12.1. The minimum absolute atomic E-state index is 0.535. The van der Waals surface area contributed by atoms with E-state index in [4.69, 9.17) is 35.4 Å². The van der Waals surface area contributed by atoms with Gasteiger partial charge in [-0.2, -0.15) is 0 Å². The Balaban J connectivity index is 2.32. The number of hydrogen-bond acceptors (Lipinski definition) is 3. The maximum atomic E-state index is 6.04. The molecule has 90 valence electrons. The first-order valence-electron chi connectivity index (χ1n) is 5.07. The van der Waals surface area contributed by atoms with E-state index in [1.54, 1.807) is 23.7 Å². The average molecular weight is 313 g/mol. The highest BCUT2D eigenvalue weighted by Crippen LogP contribution is 2.35. The van der Waals surface area contributed by atoms with Gasteiger partial charge in [-0.15, -0.1) is 11.3 Å². The molecule has 2 aromatic heterocycles. The molecule has 1 N–H and O–H groups in total. The predicted molar refractivity (Wildman–Crippen MR) is 80.3 cm³/mol. The lowest BCUT2D eigenvalue weighted by atomic mass is 10.1. The molecule has 0 aliphatic carbocycles. The predicted octanol–water partition coefficient (Wildman–Crippen LogP) is 5.33. The molecule has 6 heteroatoms. The smallest absolute Gasteiger partial charge is 0.128 e. The molecule has 3 rings (SSSR count). The molecule has 1 aromatic carbocycles. The lowest BCUT2D eigenvalue weighted by Crippen LogP contribution is -1.81. The zero-order valence-electron chi connectivity index (χ0n) is 8.91. The van der Waals surface area contributed by atoms with E-state index in [-0.39, 0.29) is 0 Å². The van der Waals surface area contributed by atoms with Crippen LogP contribution in [0.3, 0.4) is 0 Å². The van der Waals surface area contributed by atoms with Gasteiger partial charge in [0.1, 0.15) is 9.47 Å². The van der Waals surface area contributed by atoms with Crippen molar-refractivity contribution in [1.82, 2.24) is 9.97 Å². The van der Waals surface area contributed by atoms with Crippen LogP contribution in [0.4, 0.5) is 0 Å². The zero-order valence-corrected chi connectivity index (χ0v) is 12.1. The highest BCUT2D eigenvalue weighted by molar-refractivity contribution is 7.71. The molecule has 2 nitrogen and oxygen atoms in total. The van der Waals surface area contributed by atoms with Crippen molar-refractivity contribution in [1.29, 1.82) is 0 Å². The monoisotopic (exact) mass is 312 g/mol. The molecule has 0 unspecified atom stereocenters. The third-order valence-corrected chi connectivity index (χ3v) is 4.55. The summed E-state index contributed by atoms with van der Waals surface area (Å²) in [6, 6.07) is 5.55. The van der Waals surface area contributed by atoms with Crippen molar-refractivity contribution in [3.63, 3.8) is 0 Å². The molecule has 0 aliphatic heterocycles. The molecular weight excluding hydrogens is 307 g/mol. The van der Waals surface area contributed by atoms with Crippen molar-refractivity contribution in [2.45, 2.75) is 0 Å². The molecule has 2 heterocycles. The Bertz CT molecular complexity index is 792. The van der Waals surface area contributed by atoms with Gasteiger partial charge in [-0.1, -0.05) is 41.5 Å². The number of benzene rings is 1. The molecule has 0 saturated heterocycles. The summed E-state index contributed by atoms with van der Waals surface area (Å²) in [6.07, 6.45) is 1.61. The van der Waals surface area contributed by atoms with Crippen molar-refractivity contribution >= 4 is 57.0 Å². The van der Waals surface area contributed by atoms with Gasteiger partial charge in [0.05, 0.1) is 21.8 Å². The van der Waals surface area contributed by atoms with Gasteiger partial charge in [0.25, 0.3) is 0 Å². The maximum absolute atomic E-state index is 6.04. The summed E-state index contributed by atoms with van der Waals surface area (Å²) in [4.78, 5) is 8.13. The number of nitrogens with zero attached hydrogens (tertiary/aromatic N) is 1. The molecule has 0 fully saturated rings. The Morgan fingerprint density at radius 1 is 1.22 bits per heavy atom. The van der Waals surface area contributed by atoms with Crippen LogP contribution in [0, 0.1) is 4.64 Å². The second-order valence-corrected chi connectivity index (χ2v) is 5.77. The molecule has 0 radical (unpaired) electrons. The minimum atomic E-state index is 0.535. The Kier molecular flexibility index (Phi) is 3.11. The molecule has 0 amide bonds. The topological polar surface area (TPSA) is 28.7 Å². The number of aromatic nitrogens is 2. The number of hydrogen-bond donors (Lipinski definition) is 1. The molecule has 0 saturated carbocycles. The number of halogens is 2. The summed E-state index contributed by atoms with van der Waals surface area (Å²) in [7, 11) is 0. The van der Waals surface area contributed by atoms with Crippen LogP contribution in [0.2, 0.25) is 10.0 Å². The lowest BCUT2D eigenvalue weighted by molar-refractivity contribution is 1.22. The number of rotatable bonds is 1. The molecule has 3 aromatic rings. The Morgan fingerprint density at radius 2 is 2.06 bits per heavy atom. The van der Waals surface area contributed by atoms with Crippen LogP contribution in [0.5, 0.6) is 0 Å². The third kappa shape index (κ3) is 1.95. The number of fused-ring (bicyclic) bond motifs is 1. The molecule has 0 bridgehead atoms. The second kappa shape index (κ2) is 4.63. The van der Waals surface area contributed by atoms with E-state index in [2.05, 4.69) is 9.97 Å². The van der Waals surface area contributed by atoms with Gasteiger partial charge in [-0.05, 0) is 17.7 Å². The van der Waals surface area contributed by atoms with Crippen LogP contribution in [0.1, 0.15) is 0 Å². The van der Waals surface area contributed by atoms with Crippen LogP contribution in [-0.4, -0.2) is 9.97 Å². The average Bonchev–Trinajstić information content (AvgIpc) is 2.78. The standard InChI is InChI=1S/C12H6Cl2N2S2/c13-8-2-1-6(3-9(8)14)7-4-18-12-10(7)11(17)15-5-16-12/h1-5H,(H,15,16,17). The Morgan fingerprint density at radius 3 is 2.83 bits per heavy atom. The van der Waals surface area contributed by atoms with Gasteiger partial charge >= 0.3 is 0 Å². The van der Waals surface area contributed by atoms with E-state index >= 15 is 0 Å². The Labute approximate surface area is 122 Å². The van der Waals surface area contributed by atoms with Crippen molar-refractivity contribution in [2.24, 2.45) is 0 Å². The number of thiophene rings is 1. The van der Waals surface area contributed by atoms with E-state index in [1.165, 1.54) is 0 Å². The molecule has 0 aliphatic rings. The van der Waals surface area contributed by atoms with Crippen LogP contribution < -0.4 is 0 Å². The van der Waals surface area contributed by atoms with Gasteiger partial charge in [0, 0.05) is 10.9 Å². The highest BCUT2D eigenvalue weighted by atomic mass is 35.5. The quantitative estimate of drug-likeness (QED) is 0.615. The van der Waals surface area contributed by atoms with Crippen molar-refractivity contribution in [2.75, 3.05) is 0 Å². The van der Waals surface area contributed by atoms with Crippen LogP contribution in [0.15, 0.2) is 29.9 Å². The molecule has 18 heavy (non-hydrogen) atoms. The van der Waals surface area contributed by atoms with E-state index in [0.29, 0.717) is 14.7 Å². The summed E-state index contributed by atoms with van der Waals surface area (Å²) >= 11 is 18.8. The van der Waals surface area contributed by atoms with E-state index < -0.39 is 0 Å². The third-order valence-electron chi connectivity index (χ3n) is 2.61. The summed E-state index contributed by atoms with van der Waals surface area (Å²) in [5, 5.41) is 4.06. The van der Waals surface area contributed by atoms with Gasteiger partial charge in [0.2, 0.25) is 0 Å². The van der Waals surface area contributed by atoms with Crippen molar-refractivity contribution < 1.29 is 0 Å². The summed E-state index contributed by atoms with van der Waals surface area (Å²) in [5.41, 5.74) is 2.02. The zero-order chi connectivity index (χ0) is 12.7. The fourth-order valence-electron chi connectivity index (χ4n) is 1.76. The first-order chi connectivity index (χ1) is 8.66. The fraction of sp³-hybridized carbons (Fsp3) is 0. The summed E-state index contributed by atoms with van der Waals surface area (Å²) in [5.74, 6) is 0. The maximum Gasteiger partial charge on any atom is 0.128 e. The van der Waals surface area contributed by atoms with E-state index in [9.17, 15) is 0 Å². The summed E-state index contributed by atoms with van der Waals surface area (Å²) in [6.45, 7) is 0. The number of nitrogens with one attached hydrogen (secondary N) is 1. The van der Waals surface area contributed by atoms with Crippen molar-refractivity contribution in [3.05, 3.63) is 44.6 Å². The van der Waals surface area contributed by atoms with Gasteiger partial charge < -0.3 is 4.98 Å². The molecular formula is C12H6Cl2N2S2. The van der Waals surface area contributed by atoms with Crippen LogP contribution in [0.25, 0.3) is 21.3 Å². The van der Waals surface area contributed by atoms with Gasteiger partial charge in [-0.25, -0.2) is 4.98 Å². The first-order valence-corrected chi connectivity index (χ1v) is 7.11. The SMILES string of the molecule is S=c1[nH]cnc2scc(-c3ccc(Cl)c(Cl)c3)c12. The van der Waals surface area contributed by atoms with Crippen LogP contribution in [-0.2, 0) is 0 Å².